The van der Waals surface area contributed by atoms with Crippen LogP contribution in [0.5, 0.6) is 0 Å². The number of nitrogens with one attached hydrogen (secondary N) is 1. The summed E-state index contributed by atoms with van der Waals surface area (Å²) < 4.78 is 0. The highest BCUT2D eigenvalue weighted by atomic mass is 35.5. The Morgan fingerprint density at radius 2 is 2.08 bits per heavy atom. The van der Waals surface area contributed by atoms with Crippen LogP contribution in [0, 0.1) is 5.92 Å². The van der Waals surface area contributed by atoms with Gasteiger partial charge in [-0.05, 0) is 31.0 Å². The summed E-state index contributed by atoms with van der Waals surface area (Å²) in [5, 5.41) is 3.52. The second-order valence-corrected chi connectivity index (χ2v) is 4.04. The highest BCUT2D eigenvalue weighted by molar-refractivity contribution is 6.21. The van der Waals surface area contributed by atoms with Gasteiger partial charge >= 0.3 is 0 Å². The van der Waals surface area contributed by atoms with Crippen LogP contribution in [-0.4, -0.2) is 13.1 Å². The van der Waals surface area contributed by atoms with E-state index in [1.165, 1.54) is 12.0 Å². The minimum Gasteiger partial charge on any atom is -0.316 e. The van der Waals surface area contributed by atoms with Gasteiger partial charge in [-0.1, -0.05) is 30.3 Å². The van der Waals surface area contributed by atoms with E-state index in [1.54, 1.807) is 0 Å². The van der Waals surface area contributed by atoms with Gasteiger partial charge < -0.3 is 5.32 Å². The quantitative estimate of drug-likeness (QED) is 0.716. The number of rotatable bonds is 2. The van der Waals surface area contributed by atoms with Crippen molar-refractivity contribution < 1.29 is 0 Å². The Labute approximate surface area is 84.1 Å². The van der Waals surface area contributed by atoms with Crippen LogP contribution in [0.4, 0.5) is 0 Å². The third-order valence-electron chi connectivity index (χ3n) is 2.63. The van der Waals surface area contributed by atoms with Crippen molar-refractivity contribution in [1.82, 2.24) is 5.32 Å². The topological polar surface area (TPSA) is 12.0 Å². The highest BCUT2D eigenvalue weighted by Crippen LogP contribution is 2.32. The van der Waals surface area contributed by atoms with E-state index in [2.05, 4.69) is 17.4 Å². The molecule has 1 fully saturated rings. The normalized spacial score (nSPS) is 24.5. The number of hydrogen-bond acceptors (Lipinski definition) is 1. The summed E-state index contributed by atoms with van der Waals surface area (Å²) in [5.74, 6) is 0.601. The smallest absolute Gasteiger partial charge is 0.0626 e. The predicted octanol–water partition coefficient (Wildman–Crippen LogP) is 2.58. The van der Waals surface area contributed by atoms with Crippen LogP contribution in [0.1, 0.15) is 17.4 Å². The van der Waals surface area contributed by atoms with E-state index in [0.717, 1.165) is 13.1 Å². The van der Waals surface area contributed by atoms with Crippen molar-refractivity contribution in [2.24, 2.45) is 5.92 Å². The molecule has 0 radical (unpaired) electrons. The Morgan fingerprint density at radius 1 is 1.31 bits per heavy atom. The zero-order chi connectivity index (χ0) is 9.10. The molecule has 1 aromatic carbocycles. The minimum absolute atomic E-state index is 0.177. The molecule has 1 saturated heterocycles. The van der Waals surface area contributed by atoms with Gasteiger partial charge in [-0.3, -0.25) is 0 Å². The number of benzene rings is 1. The Bertz CT molecular complexity index is 254. The highest BCUT2D eigenvalue weighted by Gasteiger charge is 2.23. The fourth-order valence-corrected chi connectivity index (χ4v) is 2.20. The third kappa shape index (κ3) is 2.04. The van der Waals surface area contributed by atoms with E-state index in [1.807, 2.05) is 18.2 Å². The molecule has 1 aliphatic heterocycles. The van der Waals surface area contributed by atoms with Gasteiger partial charge in [-0.25, -0.2) is 0 Å². The first kappa shape index (κ1) is 9.04. The summed E-state index contributed by atoms with van der Waals surface area (Å²) in [5.41, 5.74) is 1.25. The fourth-order valence-electron chi connectivity index (χ4n) is 1.84. The Morgan fingerprint density at radius 3 is 2.69 bits per heavy atom. The molecule has 1 nitrogen and oxygen atoms in total. The van der Waals surface area contributed by atoms with E-state index in [4.69, 9.17) is 11.6 Å². The first-order chi connectivity index (χ1) is 6.38. The molecule has 1 heterocycles. The van der Waals surface area contributed by atoms with Gasteiger partial charge in [0.2, 0.25) is 0 Å². The van der Waals surface area contributed by atoms with Crippen LogP contribution in [0.2, 0.25) is 0 Å². The first-order valence-corrected chi connectivity index (χ1v) is 5.21. The van der Waals surface area contributed by atoms with Gasteiger partial charge in [-0.15, -0.1) is 11.6 Å². The van der Waals surface area contributed by atoms with Gasteiger partial charge in [0.1, 0.15) is 0 Å². The van der Waals surface area contributed by atoms with Gasteiger partial charge in [-0.2, -0.15) is 0 Å². The van der Waals surface area contributed by atoms with Crippen LogP contribution in [0.15, 0.2) is 30.3 Å². The standard InChI is InChI=1S/C11H14ClN/c12-11(10-6-7-13-8-10)9-4-2-1-3-5-9/h1-5,10-11,13H,6-8H2. The summed E-state index contributed by atoms with van der Waals surface area (Å²) in [4.78, 5) is 0. The summed E-state index contributed by atoms with van der Waals surface area (Å²) in [6.07, 6.45) is 1.20. The van der Waals surface area contributed by atoms with Crippen molar-refractivity contribution in [3.63, 3.8) is 0 Å². The average molecular weight is 196 g/mol. The lowest BCUT2D eigenvalue weighted by Gasteiger charge is -2.15. The zero-order valence-corrected chi connectivity index (χ0v) is 8.30. The molecular weight excluding hydrogens is 182 g/mol. The summed E-state index contributed by atoms with van der Waals surface area (Å²) in [6, 6.07) is 10.3. The molecule has 2 unspecified atom stereocenters. The monoisotopic (exact) mass is 195 g/mol. The lowest BCUT2D eigenvalue weighted by molar-refractivity contribution is 0.561. The van der Waals surface area contributed by atoms with E-state index < -0.39 is 0 Å². The van der Waals surface area contributed by atoms with Gasteiger partial charge in [0, 0.05) is 0 Å². The van der Waals surface area contributed by atoms with E-state index in [-0.39, 0.29) is 5.38 Å². The van der Waals surface area contributed by atoms with Crippen molar-refractivity contribution in [2.45, 2.75) is 11.8 Å². The summed E-state index contributed by atoms with van der Waals surface area (Å²) >= 11 is 6.37. The Hall–Kier alpha value is -0.530. The van der Waals surface area contributed by atoms with Crippen LogP contribution < -0.4 is 5.32 Å². The maximum Gasteiger partial charge on any atom is 0.0626 e. The van der Waals surface area contributed by atoms with E-state index in [9.17, 15) is 0 Å². The molecule has 0 amide bonds. The molecule has 0 saturated carbocycles. The Kier molecular flexibility index (Phi) is 2.87. The number of halogens is 1. The molecule has 2 rings (SSSR count). The zero-order valence-electron chi connectivity index (χ0n) is 7.54. The molecule has 1 aromatic rings. The van der Waals surface area contributed by atoms with Gasteiger partial charge in [0.15, 0.2) is 0 Å². The second kappa shape index (κ2) is 4.12. The van der Waals surface area contributed by atoms with Crippen molar-refractivity contribution in [2.75, 3.05) is 13.1 Å². The second-order valence-electron chi connectivity index (χ2n) is 3.57. The maximum atomic E-state index is 6.37. The molecule has 1 aliphatic rings. The SMILES string of the molecule is ClC(c1ccccc1)C1CCNC1. The first-order valence-electron chi connectivity index (χ1n) is 4.77. The summed E-state index contributed by atoms with van der Waals surface area (Å²) in [7, 11) is 0. The number of hydrogen-bond donors (Lipinski definition) is 1. The molecule has 2 atom stereocenters. The third-order valence-corrected chi connectivity index (χ3v) is 3.24. The summed E-state index contributed by atoms with van der Waals surface area (Å²) in [6.45, 7) is 2.17. The number of alkyl halides is 1. The largest absolute Gasteiger partial charge is 0.316 e. The molecule has 2 heteroatoms. The van der Waals surface area contributed by atoms with E-state index >= 15 is 0 Å². The van der Waals surface area contributed by atoms with Gasteiger partial charge in [0.25, 0.3) is 0 Å². The predicted molar refractivity (Wildman–Crippen MR) is 56.0 cm³/mol. The van der Waals surface area contributed by atoms with Crippen LogP contribution in [0.25, 0.3) is 0 Å². The molecule has 0 bridgehead atoms. The van der Waals surface area contributed by atoms with Crippen molar-refractivity contribution in [3.05, 3.63) is 35.9 Å². The van der Waals surface area contributed by atoms with Crippen LogP contribution in [0.3, 0.4) is 0 Å². The minimum atomic E-state index is 0.177. The van der Waals surface area contributed by atoms with Crippen LogP contribution in [-0.2, 0) is 0 Å². The lowest BCUT2D eigenvalue weighted by atomic mass is 9.98. The molecule has 0 spiro atoms. The molecule has 13 heavy (non-hydrogen) atoms. The lowest BCUT2D eigenvalue weighted by Crippen LogP contribution is -2.12. The molecule has 70 valence electrons. The Balaban J connectivity index is 2.08. The van der Waals surface area contributed by atoms with Crippen molar-refractivity contribution >= 4 is 11.6 Å². The van der Waals surface area contributed by atoms with Gasteiger partial charge in [0.05, 0.1) is 5.38 Å². The maximum absolute atomic E-state index is 6.37. The molecular formula is C11H14ClN. The average Bonchev–Trinajstić information content (AvgIpc) is 2.71. The molecule has 1 N–H and O–H groups in total. The van der Waals surface area contributed by atoms with Crippen LogP contribution >= 0.6 is 11.6 Å². The van der Waals surface area contributed by atoms with Crippen molar-refractivity contribution in [3.8, 4) is 0 Å². The molecule has 0 aromatic heterocycles. The molecule has 0 aliphatic carbocycles. The van der Waals surface area contributed by atoms with Crippen molar-refractivity contribution in [1.29, 1.82) is 0 Å². The fraction of sp³-hybridized carbons (Fsp3) is 0.455. The van der Waals surface area contributed by atoms with E-state index in [0.29, 0.717) is 5.92 Å².